The number of nitrogens with zero attached hydrogens (tertiary/aromatic N) is 2. The van der Waals surface area contributed by atoms with E-state index < -0.39 is 6.29 Å². The van der Waals surface area contributed by atoms with E-state index >= 15 is 0 Å². The number of amides is 1. The number of rotatable bonds is 8. The van der Waals surface area contributed by atoms with Crippen molar-refractivity contribution < 1.29 is 28.8 Å². The van der Waals surface area contributed by atoms with Crippen molar-refractivity contribution in [1.82, 2.24) is 9.80 Å². The number of hydrogen-bond donors (Lipinski definition) is 1. The molecule has 40 heavy (non-hydrogen) atoms. The number of aliphatic hydroxyl groups is 1. The van der Waals surface area contributed by atoms with Gasteiger partial charge in [0.15, 0.2) is 17.3 Å². The highest BCUT2D eigenvalue weighted by Gasteiger charge is 2.32. The maximum Gasteiger partial charge on any atom is 0.288 e. The molecule has 2 atom stereocenters. The highest BCUT2D eigenvalue weighted by molar-refractivity contribution is 5.92. The number of benzene rings is 3. The second kappa shape index (κ2) is 12.1. The molecule has 0 bridgehead atoms. The smallest absolute Gasteiger partial charge is 0.288 e. The molecule has 8 heteroatoms. The second-order valence-electron chi connectivity index (χ2n) is 10.4. The Morgan fingerprint density at radius 3 is 2.38 bits per heavy atom. The SMILES string of the molecule is O=C(C1=C[C@H](c2ccccc2)C[C@H](OCc2ccc(CO)cc2)O1)N1CCN(Cc2ccc3c(c2)OCO3)CC1. The molecule has 208 valence electrons. The number of aliphatic hydroxyl groups excluding tert-OH is 1. The van der Waals surface area contributed by atoms with Crippen LogP contribution < -0.4 is 9.47 Å². The van der Waals surface area contributed by atoms with Gasteiger partial charge in [-0.3, -0.25) is 9.69 Å². The Labute approximate surface area is 234 Å². The minimum atomic E-state index is -0.543. The number of carbonyl (C=O) groups excluding carboxylic acids is 1. The summed E-state index contributed by atoms with van der Waals surface area (Å²) in [6.07, 6.45) is 2.03. The first-order valence-corrected chi connectivity index (χ1v) is 13.8. The molecule has 3 aliphatic heterocycles. The van der Waals surface area contributed by atoms with Crippen LogP contribution in [0.5, 0.6) is 11.5 Å². The van der Waals surface area contributed by atoms with Crippen LogP contribution in [0.2, 0.25) is 0 Å². The zero-order valence-electron chi connectivity index (χ0n) is 22.4. The molecule has 3 heterocycles. The maximum atomic E-state index is 13.6. The van der Waals surface area contributed by atoms with E-state index in [9.17, 15) is 9.90 Å². The molecule has 1 fully saturated rings. The molecule has 8 nitrogen and oxygen atoms in total. The van der Waals surface area contributed by atoms with Crippen LogP contribution in [0.3, 0.4) is 0 Å². The summed E-state index contributed by atoms with van der Waals surface area (Å²) in [6.45, 7) is 4.24. The fourth-order valence-electron chi connectivity index (χ4n) is 5.34. The van der Waals surface area contributed by atoms with Crippen LogP contribution in [-0.4, -0.2) is 60.1 Å². The number of hydrogen-bond acceptors (Lipinski definition) is 7. The molecule has 0 spiro atoms. The summed E-state index contributed by atoms with van der Waals surface area (Å²) in [7, 11) is 0. The summed E-state index contributed by atoms with van der Waals surface area (Å²) in [5, 5.41) is 9.29. The van der Waals surface area contributed by atoms with E-state index in [2.05, 4.69) is 23.1 Å². The van der Waals surface area contributed by atoms with Crippen molar-refractivity contribution in [3.63, 3.8) is 0 Å². The third-order valence-corrected chi connectivity index (χ3v) is 7.64. The molecule has 3 aromatic carbocycles. The number of piperazine rings is 1. The molecule has 0 aromatic heterocycles. The molecule has 3 aromatic rings. The van der Waals surface area contributed by atoms with Crippen LogP contribution in [0.4, 0.5) is 0 Å². The summed E-state index contributed by atoms with van der Waals surface area (Å²) in [5.41, 5.74) is 4.14. The Balaban J connectivity index is 1.09. The normalized spacial score (nSPS) is 20.6. The Kier molecular flexibility index (Phi) is 7.99. The largest absolute Gasteiger partial charge is 0.459 e. The molecule has 1 saturated heterocycles. The molecule has 0 unspecified atom stereocenters. The predicted molar refractivity (Wildman–Crippen MR) is 148 cm³/mol. The molecular weight excluding hydrogens is 508 g/mol. The number of allylic oxidation sites excluding steroid dienone is 1. The second-order valence-corrected chi connectivity index (χ2v) is 10.4. The standard InChI is InChI=1S/C32H34N2O6/c35-20-23-6-8-24(9-7-23)21-37-31-18-27(26-4-2-1-3-5-26)17-30(40-31)32(36)34-14-12-33(13-15-34)19-25-10-11-28-29(16-25)39-22-38-28/h1-11,16-17,27,31,35H,12-15,18-22H2/t27-,31+/m0/s1. The van der Waals surface area contributed by atoms with Gasteiger partial charge in [0.25, 0.3) is 5.91 Å². The van der Waals surface area contributed by atoms with Crippen LogP contribution in [-0.2, 0) is 34.0 Å². The highest BCUT2D eigenvalue weighted by atomic mass is 16.7. The van der Waals surface area contributed by atoms with Gasteiger partial charge in [0, 0.05) is 45.1 Å². The summed E-state index contributed by atoms with van der Waals surface area (Å²) >= 11 is 0. The van der Waals surface area contributed by atoms with Crippen molar-refractivity contribution in [3.05, 3.63) is 107 Å². The van der Waals surface area contributed by atoms with E-state index in [-0.39, 0.29) is 25.2 Å². The molecule has 0 radical (unpaired) electrons. The van der Waals surface area contributed by atoms with Gasteiger partial charge in [-0.2, -0.15) is 0 Å². The van der Waals surface area contributed by atoms with E-state index in [1.165, 1.54) is 5.56 Å². The highest BCUT2D eigenvalue weighted by Crippen LogP contribution is 2.34. The molecule has 1 amide bonds. The Hall–Kier alpha value is -3.85. The van der Waals surface area contributed by atoms with Gasteiger partial charge in [0.1, 0.15) is 0 Å². The molecule has 0 saturated carbocycles. The summed E-state index contributed by atoms with van der Waals surface area (Å²) < 4.78 is 23.2. The fraction of sp³-hybridized carbons (Fsp3) is 0.344. The maximum absolute atomic E-state index is 13.6. The van der Waals surface area contributed by atoms with Gasteiger partial charge >= 0.3 is 0 Å². The zero-order valence-corrected chi connectivity index (χ0v) is 22.4. The van der Waals surface area contributed by atoms with Gasteiger partial charge < -0.3 is 29.0 Å². The van der Waals surface area contributed by atoms with Gasteiger partial charge in [-0.25, -0.2) is 0 Å². The zero-order chi connectivity index (χ0) is 27.3. The average Bonchev–Trinajstić information content (AvgIpc) is 3.49. The minimum absolute atomic E-state index is 0.00850. The lowest BCUT2D eigenvalue weighted by atomic mass is 9.93. The van der Waals surface area contributed by atoms with Crippen LogP contribution in [0, 0.1) is 0 Å². The van der Waals surface area contributed by atoms with E-state index in [0.29, 0.717) is 31.9 Å². The van der Waals surface area contributed by atoms with Crippen molar-refractivity contribution in [2.75, 3.05) is 33.0 Å². The third kappa shape index (κ3) is 6.14. The quantitative estimate of drug-likeness (QED) is 0.457. The van der Waals surface area contributed by atoms with Crippen LogP contribution >= 0.6 is 0 Å². The number of ether oxygens (including phenoxy) is 4. The summed E-state index contributed by atoms with van der Waals surface area (Å²) in [4.78, 5) is 17.8. The monoisotopic (exact) mass is 542 g/mol. The van der Waals surface area contributed by atoms with Gasteiger partial charge in [-0.15, -0.1) is 0 Å². The van der Waals surface area contributed by atoms with Crippen molar-refractivity contribution in [1.29, 1.82) is 0 Å². The van der Waals surface area contributed by atoms with Gasteiger partial charge in [-0.1, -0.05) is 60.7 Å². The van der Waals surface area contributed by atoms with Crippen LogP contribution in [0.25, 0.3) is 0 Å². The first-order chi connectivity index (χ1) is 19.6. The lowest BCUT2D eigenvalue weighted by molar-refractivity contribution is -0.157. The van der Waals surface area contributed by atoms with E-state index in [0.717, 1.165) is 47.8 Å². The predicted octanol–water partition coefficient (Wildman–Crippen LogP) is 4.18. The van der Waals surface area contributed by atoms with Crippen molar-refractivity contribution >= 4 is 5.91 Å². The number of fused-ring (bicyclic) bond motifs is 1. The van der Waals surface area contributed by atoms with Crippen LogP contribution in [0.1, 0.15) is 34.6 Å². The van der Waals surface area contributed by atoms with E-state index in [1.807, 2.05) is 65.6 Å². The fourth-order valence-corrected chi connectivity index (χ4v) is 5.34. The lowest BCUT2D eigenvalue weighted by Crippen LogP contribution is -2.49. The summed E-state index contributed by atoms with van der Waals surface area (Å²) in [5.74, 6) is 1.85. The van der Waals surface area contributed by atoms with Gasteiger partial charge in [-0.05, 0) is 40.5 Å². The Morgan fingerprint density at radius 1 is 0.875 bits per heavy atom. The van der Waals surface area contributed by atoms with Gasteiger partial charge in [0.05, 0.1) is 13.2 Å². The molecule has 6 rings (SSSR count). The topological polar surface area (TPSA) is 80.7 Å². The number of carbonyl (C=O) groups is 1. The van der Waals surface area contributed by atoms with Crippen LogP contribution in [0.15, 0.2) is 84.6 Å². The summed E-state index contributed by atoms with van der Waals surface area (Å²) in [6, 6.07) is 23.9. The molecular formula is C32H34N2O6. The average molecular weight is 543 g/mol. The Bertz CT molecular complexity index is 1340. The van der Waals surface area contributed by atoms with Gasteiger partial charge in [0.2, 0.25) is 13.1 Å². The van der Waals surface area contributed by atoms with Crippen molar-refractivity contribution in [2.24, 2.45) is 0 Å². The molecule has 3 aliphatic rings. The van der Waals surface area contributed by atoms with Crippen molar-refractivity contribution in [2.45, 2.75) is 38.4 Å². The Morgan fingerprint density at radius 2 is 1.60 bits per heavy atom. The third-order valence-electron chi connectivity index (χ3n) is 7.64. The first kappa shape index (κ1) is 26.4. The molecule has 0 aliphatic carbocycles. The van der Waals surface area contributed by atoms with E-state index in [4.69, 9.17) is 18.9 Å². The molecule has 1 N–H and O–H groups in total. The first-order valence-electron chi connectivity index (χ1n) is 13.8. The minimum Gasteiger partial charge on any atom is -0.459 e. The van der Waals surface area contributed by atoms with E-state index in [1.54, 1.807) is 0 Å². The lowest BCUT2D eigenvalue weighted by Gasteiger charge is -2.36. The van der Waals surface area contributed by atoms with Crippen molar-refractivity contribution in [3.8, 4) is 11.5 Å².